The molecule has 0 radical (unpaired) electrons. The Morgan fingerprint density at radius 1 is 1.33 bits per heavy atom. The average Bonchev–Trinajstić information content (AvgIpc) is 2.33. The topological polar surface area (TPSA) is 69.6 Å². The van der Waals surface area contributed by atoms with Crippen molar-refractivity contribution in [2.75, 3.05) is 19.6 Å². The molecular formula is C13H24N2O3. The number of aliphatic hydroxyl groups is 1. The molecule has 0 aromatic heterocycles. The van der Waals surface area contributed by atoms with Crippen LogP contribution in [0.25, 0.3) is 0 Å². The molecule has 0 spiro atoms. The molecule has 0 unspecified atom stereocenters. The Labute approximate surface area is 109 Å². The number of carbonyl (C=O) groups is 2. The van der Waals surface area contributed by atoms with Crippen LogP contribution in [0.2, 0.25) is 0 Å². The second-order valence-electron chi connectivity index (χ2n) is 4.93. The first-order valence-corrected chi connectivity index (χ1v) is 6.80. The molecule has 1 atom stereocenters. The molecule has 104 valence electrons. The fourth-order valence-electron chi connectivity index (χ4n) is 2.18. The third-order valence-corrected chi connectivity index (χ3v) is 3.19. The third-order valence-electron chi connectivity index (χ3n) is 3.19. The molecular weight excluding hydrogens is 232 g/mol. The number of nitrogens with zero attached hydrogens (tertiary/aromatic N) is 1. The second kappa shape index (κ2) is 8.08. The van der Waals surface area contributed by atoms with Crippen molar-refractivity contribution in [3.8, 4) is 0 Å². The number of unbranched alkanes of at least 4 members (excludes halogenated alkanes) is 2. The summed E-state index contributed by atoms with van der Waals surface area (Å²) in [5.41, 5.74) is 0. The van der Waals surface area contributed by atoms with E-state index in [-0.39, 0.29) is 17.9 Å². The normalized spacial score (nSPS) is 19.7. The van der Waals surface area contributed by atoms with Crippen molar-refractivity contribution in [1.82, 2.24) is 10.2 Å². The van der Waals surface area contributed by atoms with E-state index < -0.39 is 0 Å². The number of rotatable bonds is 6. The highest BCUT2D eigenvalue weighted by molar-refractivity contribution is 5.76. The zero-order valence-electron chi connectivity index (χ0n) is 11.2. The molecule has 1 fully saturated rings. The molecule has 1 saturated heterocycles. The minimum absolute atomic E-state index is 0.00613. The minimum atomic E-state index is -0.345. The first kappa shape index (κ1) is 15.0. The fraction of sp³-hybridized carbons (Fsp3) is 0.846. The Hall–Kier alpha value is -1.10. The van der Waals surface area contributed by atoms with Crippen molar-refractivity contribution in [1.29, 1.82) is 0 Å². The number of amides is 2. The van der Waals surface area contributed by atoms with Gasteiger partial charge in [-0.05, 0) is 25.7 Å². The minimum Gasteiger partial charge on any atom is -0.391 e. The Balaban J connectivity index is 2.04. The van der Waals surface area contributed by atoms with E-state index in [1.54, 1.807) is 4.90 Å². The summed E-state index contributed by atoms with van der Waals surface area (Å²) in [6.45, 7) is 3.46. The van der Waals surface area contributed by atoms with Gasteiger partial charge in [-0.2, -0.15) is 0 Å². The third kappa shape index (κ3) is 6.00. The van der Waals surface area contributed by atoms with E-state index >= 15 is 0 Å². The van der Waals surface area contributed by atoms with Gasteiger partial charge in [-0.3, -0.25) is 9.59 Å². The van der Waals surface area contributed by atoms with E-state index in [0.29, 0.717) is 19.5 Å². The first-order chi connectivity index (χ1) is 8.59. The summed E-state index contributed by atoms with van der Waals surface area (Å²) in [4.78, 5) is 24.2. The molecule has 18 heavy (non-hydrogen) atoms. The van der Waals surface area contributed by atoms with Crippen LogP contribution in [-0.2, 0) is 9.59 Å². The standard InChI is InChI=1S/C13H24N2O3/c1-11(16)14-8-4-2-3-7-13(18)15-9-5-6-12(17)10-15/h12,17H,2-10H2,1H3,(H,14,16)/t12-/m0/s1. The fourth-order valence-corrected chi connectivity index (χ4v) is 2.18. The van der Waals surface area contributed by atoms with Crippen LogP contribution in [0.1, 0.15) is 45.4 Å². The monoisotopic (exact) mass is 256 g/mol. The maximum absolute atomic E-state index is 11.8. The van der Waals surface area contributed by atoms with Gasteiger partial charge in [-0.15, -0.1) is 0 Å². The molecule has 1 heterocycles. The number of aliphatic hydroxyl groups excluding tert-OH is 1. The molecule has 1 aliphatic rings. The van der Waals surface area contributed by atoms with Crippen LogP contribution in [0.3, 0.4) is 0 Å². The predicted octanol–water partition coefficient (Wildman–Crippen LogP) is 0.666. The lowest BCUT2D eigenvalue weighted by atomic mass is 10.1. The lowest BCUT2D eigenvalue weighted by Crippen LogP contribution is -2.42. The van der Waals surface area contributed by atoms with Crippen molar-refractivity contribution in [3.63, 3.8) is 0 Å². The van der Waals surface area contributed by atoms with Gasteiger partial charge in [0.1, 0.15) is 0 Å². The summed E-state index contributed by atoms with van der Waals surface area (Å²) < 4.78 is 0. The van der Waals surface area contributed by atoms with Crippen LogP contribution < -0.4 is 5.32 Å². The molecule has 1 aliphatic heterocycles. The molecule has 1 rings (SSSR count). The number of β-amino-alcohol motifs (C(OH)–C–C–N with tert-alkyl or cyclic N) is 1. The van der Waals surface area contributed by atoms with Crippen LogP contribution in [0, 0.1) is 0 Å². The van der Waals surface area contributed by atoms with Crippen LogP contribution in [0.15, 0.2) is 0 Å². The van der Waals surface area contributed by atoms with E-state index in [0.717, 1.165) is 38.6 Å². The number of carbonyl (C=O) groups excluding carboxylic acids is 2. The van der Waals surface area contributed by atoms with E-state index in [1.807, 2.05) is 0 Å². The summed E-state index contributed by atoms with van der Waals surface area (Å²) in [5, 5.41) is 12.2. The quantitative estimate of drug-likeness (QED) is 0.686. The summed E-state index contributed by atoms with van der Waals surface area (Å²) >= 11 is 0. The number of hydrogen-bond acceptors (Lipinski definition) is 3. The first-order valence-electron chi connectivity index (χ1n) is 6.80. The second-order valence-corrected chi connectivity index (χ2v) is 4.93. The lowest BCUT2D eigenvalue weighted by Gasteiger charge is -2.30. The van der Waals surface area contributed by atoms with Crippen LogP contribution in [0.4, 0.5) is 0 Å². The lowest BCUT2D eigenvalue weighted by molar-refractivity contribution is -0.134. The zero-order valence-corrected chi connectivity index (χ0v) is 11.2. The Kier molecular flexibility index (Phi) is 6.72. The van der Waals surface area contributed by atoms with Crippen molar-refractivity contribution >= 4 is 11.8 Å². The molecule has 2 N–H and O–H groups in total. The van der Waals surface area contributed by atoms with Gasteiger partial charge < -0.3 is 15.3 Å². The summed E-state index contributed by atoms with van der Waals surface area (Å²) in [5.74, 6) is 0.140. The van der Waals surface area contributed by atoms with E-state index in [1.165, 1.54) is 6.92 Å². The molecule has 5 nitrogen and oxygen atoms in total. The van der Waals surface area contributed by atoms with Gasteiger partial charge in [-0.25, -0.2) is 0 Å². The van der Waals surface area contributed by atoms with Gasteiger partial charge in [0.2, 0.25) is 11.8 Å². The van der Waals surface area contributed by atoms with E-state index in [2.05, 4.69) is 5.32 Å². The molecule has 0 bridgehead atoms. The van der Waals surface area contributed by atoms with Crippen LogP contribution in [0.5, 0.6) is 0 Å². The van der Waals surface area contributed by atoms with Crippen LogP contribution in [-0.4, -0.2) is 47.6 Å². The molecule has 0 aromatic carbocycles. The van der Waals surface area contributed by atoms with E-state index in [9.17, 15) is 14.7 Å². The van der Waals surface area contributed by atoms with Crippen LogP contribution >= 0.6 is 0 Å². The average molecular weight is 256 g/mol. The highest BCUT2D eigenvalue weighted by Crippen LogP contribution is 2.12. The van der Waals surface area contributed by atoms with Gasteiger partial charge >= 0.3 is 0 Å². The van der Waals surface area contributed by atoms with Crippen molar-refractivity contribution < 1.29 is 14.7 Å². The SMILES string of the molecule is CC(=O)NCCCCCC(=O)N1CCC[C@H](O)C1. The number of nitrogens with one attached hydrogen (secondary N) is 1. The molecule has 5 heteroatoms. The maximum Gasteiger partial charge on any atom is 0.222 e. The Bertz CT molecular complexity index is 281. The number of likely N-dealkylation sites (tertiary alicyclic amines) is 1. The van der Waals surface area contributed by atoms with Crippen molar-refractivity contribution in [2.24, 2.45) is 0 Å². The molecule has 2 amide bonds. The van der Waals surface area contributed by atoms with Crippen molar-refractivity contribution in [2.45, 2.75) is 51.6 Å². The number of piperidine rings is 1. The van der Waals surface area contributed by atoms with Gasteiger partial charge in [0.15, 0.2) is 0 Å². The highest BCUT2D eigenvalue weighted by atomic mass is 16.3. The van der Waals surface area contributed by atoms with Crippen molar-refractivity contribution in [3.05, 3.63) is 0 Å². The molecule has 0 aliphatic carbocycles. The zero-order chi connectivity index (χ0) is 13.4. The molecule has 0 aromatic rings. The largest absolute Gasteiger partial charge is 0.391 e. The van der Waals surface area contributed by atoms with Gasteiger partial charge in [0, 0.05) is 33.0 Å². The van der Waals surface area contributed by atoms with Gasteiger partial charge in [-0.1, -0.05) is 6.42 Å². The summed E-state index contributed by atoms with van der Waals surface area (Å²) in [6, 6.07) is 0. The van der Waals surface area contributed by atoms with E-state index in [4.69, 9.17) is 0 Å². The Morgan fingerprint density at radius 2 is 2.11 bits per heavy atom. The summed E-state index contributed by atoms with van der Waals surface area (Å²) in [7, 11) is 0. The van der Waals surface area contributed by atoms with Gasteiger partial charge in [0.05, 0.1) is 6.10 Å². The number of hydrogen-bond donors (Lipinski definition) is 2. The highest BCUT2D eigenvalue weighted by Gasteiger charge is 2.21. The van der Waals surface area contributed by atoms with Gasteiger partial charge in [0.25, 0.3) is 0 Å². The Morgan fingerprint density at radius 3 is 2.78 bits per heavy atom. The summed E-state index contributed by atoms with van der Waals surface area (Å²) in [6.07, 6.45) is 4.62. The molecule has 0 saturated carbocycles. The smallest absolute Gasteiger partial charge is 0.222 e. The maximum atomic E-state index is 11.8. The predicted molar refractivity (Wildman–Crippen MR) is 69.0 cm³/mol.